The van der Waals surface area contributed by atoms with E-state index >= 15 is 0 Å². The minimum Gasteiger partial charge on any atom is -0.454 e. The van der Waals surface area contributed by atoms with E-state index in [0.29, 0.717) is 67.8 Å². The number of nitrogen functional groups attached to an aromatic ring is 5. The average Bonchev–Trinajstić information content (AvgIpc) is 4.42. The van der Waals surface area contributed by atoms with Crippen molar-refractivity contribution in [2.75, 3.05) is 134 Å². The van der Waals surface area contributed by atoms with Crippen molar-refractivity contribution in [3.05, 3.63) is 95.1 Å². The van der Waals surface area contributed by atoms with Crippen LogP contribution in [-0.4, -0.2) is 129 Å². The number of nitrogens with one attached hydrogen (secondary N) is 4. The zero-order chi connectivity index (χ0) is 57.7. The third-order valence-electron chi connectivity index (χ3n) is 11.6. The molecule has 0 atom stereocenters. The van der Waals surface area contributed by atoms with Crippen LogP contribution in [0.15, 0.2) is 72.8 Å². The summed E-state index contributed by atoms with van der Waals surface area (Å²) in [6, 6.07) is 23.1. The summed E-state index contributed by atoms with van der Waals surface area (Å²) in [5, 5.41) is 11.9. The molecule has 32 nitrogen and oxygen atoms in total. The van der Waals surface area contributed by atoms with E-state index in [-0.39, 0.29) is 56.9 Å². The van der Waals surface area contributed by atoms with Crippen LogP contribution in [0.2, 0.25) is 0 Å². The van der Waals surface area contributed by atoms with Crippen molar-refractivity contribution < 1.29 is 37.9 Å². The molecule has 0 radical (unpaired) electrons. The fourth-order valence-electron chi connectivity index (χ4n) is 7.71. The van der Waals surface area contributed by atoms with Gasteiger partial charge in [-0.15, -0.1) is 0 Å². The maximum Gasteiger partial charge on any atom is 0.231 e. The van der Waals surface area contributed by atoms with E-state index in [2.05, 4.69) is 81.1 Å². The summed E-state index contributed by atoms with van der Waals surface area (Å²) in [6.45, 7) is 3.35. The highest BCUT2D eigenvalue weighted by Gasteiger charge is 2.19. The molecule has 0 fully saturated rings. The van der Waals surface area contributed by atoms with Crippen LogP contribution < -0.4 is 103 Å². The second kappa shape index (κ2) is 25.6. The molecule has 0 saturated carbocycles. The van der Waals surface area contributed by atoms with Crippen LogP contribution in [-0.2, 0) is 26.2 Å². The lowest BCUT2D eigenvalue weighted by Crippen LogP contribution is -2.20. The molecule has 0 bridgehead atoms. The summed E-state index contributed by atoms with van der Waals surface area (Å²) in [5.41, 5.74) is 32.2. The van der Waals surface area contributed by atoms with Crippen LogP contribution in [0.1, 0.15) is 22.3 Å². The number of hydrogen-bond acceptors (Lipinski definition) is 32. The van der Waals surface area contributed by atoms with Gasteiger partial charge in [-0.05, 0) is 70.8 Å². The highest BCUT2D eigenvalue weighted by Crippen LogP contribution is 2.36. The normalized spacial score (nSPS) is 12.3. The number of anilines is 12. The zero-order valence-electron chi connectivity index (χ0n) is 45.4. The molecular weight excluding hydrogens is 1060 g/mol. The molecule has 4 aliphatic heterocycles. The fourth-order valence-corrected chi connectivity index (χ4v) is 7.71. The predicted octanol–water partition coefficient (Wildman–Crippen LogP) is 2.96. The maximum atomic E-state index is 5.67. The summed E-state index contributed by atoms with van der Waals surface area (Å²) in [5.74, 6) is 9.92. The summed E-state index contributed by atoms with van der Waals surface area (Å²) >= 11 is 0. The largest absolute Gasteiger partial charge is 0.454 e. The Hall–Kier alpha value is -11.1. The molecule has 4 aliphatic rings. The first kappa shape index (κ1) is 55.7. The molecule has 4 aromatic carbocycles. The second-order valence-corrected chi connectivity index (χ2v) is 17.9. The first-order valence-corrected chi connectivity index (χ1v) is 24.9. The van der Waals surface area contributed by atoms with Crippen molar-refractivity contribution in [2.24, 2.45) is 0 Å². The van der Waals surface area contributed by atoms with Gasteiger partial charge in [-0.25, -0.2) is 0 Å². The summed E-state index contributed by atoms with van der Waals surface area (Å²) in [4.78, 5) is 54.2. The number of aromatic nitrogens is 12. The van der Waals surface area contributed by atoms with E-state index in [1.54, 1.807) is 19.0 Å². The predicted molar refractivity (Wildman–Crippen MR) is 304 cm³/mol. The lowest BCUT2D eigenvalue weighted by molar-refractivity contribution is 0.173. The fraction of sp³-hybridized carbons (Fsp3) is 0.280. The van der Waals surface area contributed by atoms with E-state index in [1.807, 2.05) is 111 Å². The van der Waals surface area contributed by atoms with Gasteiger partial charge >= 0.3 is 0 Å². The molecule has 0 aliphatic carbocycles. The van der Waals surface area contributed by atoms with Crippen molar-refractivity contribution in [1.29, 1.82) is 0 Å². The molecule has 0 spiro atoms. The zero-order valence-corrected chi connectivity index (χ0v) is 45.4. The lowest BCUT2D eigenvalue weighted by Gasteiger charge is -2.17. The summed E-state index contributed by atoms with van der Waals surface area (Å²) < 4.78 is 42.5. The Morgan fingerprint density at radius 2 is 0.659 bits per heavy atom. The first-order chi connectivity index (χ1) is 39.6. The number of nitrogens with zero attached hydrogens (tertiary/aromatic N) is 15. The van der Waals surface area contributed by atoms with E-state index in [0.717, 1.165) is 68.2 Å². The molecule has 82 heavy (non-hydrogen) atoms. The molecule has 0 saturated heterocycles. The van der Waals surface area contributed by atoms with Crippen molar-refractivity contribution >= 4 is 71.4 Å². The molecular formula is C50H60N24O8. The van der Waals surface area contributed by atoms with Crippen molar-refractivity contribution in [2.45, 2.75) is 26.2 Å². The molecule has 8 aromatic rings. The third-order valence-corrected chi connectivity index (χ3v) is 11.6. The number of nitrogens with two attached hydrogens (primary N) is 5. The van der Waals surface area contributed by atoms with Gasteiger partial charge in [0.15, 0.2) is 46.0 Å². The maximum absolute atomic E-state index is 5.67. The Morgan fingerprint density at radius 1 is 0.354 bits per heavy atom. The van der Waals surface area contributed by atoms with Crippen LogP contribution >= 0.6 is 0 Å². The first-order valence-electron chi connectivity index (χ1n) is 24.9. The van der Waals surface area contributed by atoms with E-state index in [9.17, 15) is 0 Å². The van der Waals surface area contributed by atoms with Gasteiger partial charge in [0.25, 0.3) is 0 Å². The van der Waals surface area contributed by atoms with Gasteiger partial charge in [-0.1, -0.05) is 24.3 Å². The topological polar surface area (TPSA) is 416 Å². The highest BCUT2D eigenvalue weighted by atomic mass is 16.7. The van der Waals surface area contributed by atoms with Crippen LogP contribution in [0.3, 0.4) is 0 Å². The minimum atomic E-state index is 0.102. The van der Waals surface area contributed by atoms with Gasteiger partial charge in [0.1, 0.15) is 0 Å². The average molecular weight is 1130 g/mol. The van der Waals surface area contributed by atoms with Crippen LogP contribution in [0.5, 0.6) is 46.0 Å². The lowest BCUT2D eigenvalue weighted by atomic mass is 10.2. The van der Waals surface area contributed by atoms with Crippen molar-refractivity contribution in [3.8, 4) is 46.0 Å². The van der Waals surface area contributed by atoms with Crippen molar-refractivity contribution in [1.82, 2.24) is 59.8 Å². The molecule has 12 rings (SSSR count). The monoisotopic (exact) mass is 1120 g/mol. The Balaban J connectivity index is 0.000000132. The van der Waals surface area contributed by atoms with Gasteiger partial charge in [0, 0.05) is 68.5 Å². The van der Waals surface area contributed by atoms with E-state index in [4.69, 9.17) is 66.6 Å². The van der Waals surface area contributed by atoms with Gasteiger partial charge in [0.05, 0.1) is 0 Å². The third kappa shape index (κ3) is 14.7. The Labute approximate surface area is 469 Å². The van der Waals surface area contributed by atoms with Gasteiger partial charge in [-0.3, -0.25) is 0 Å². The van der Waals surface area contributed by atoms with E-state index < -0.39 is 0 Å². The molecule has 8 heterocycles. The van der Waals surface area contributed by atoms with Gasteiger partial charge < -0.3 is 103 Å². The molecule has 0 amide bonds. The minimum absolute atomic E-state index is 0.102. The number of fused-ring (bicyclic) bond motifs is 4. The number of ether oxygens (including phenoxy) is 8. The Bertz CT molecular complexity index is 3490. The molecule has 0 unspecified atom stereocenters. The number of benzene rings is 4. The highest BCUT2D eigenvalue weighted by molar-refractivity contribution is 5.51. The van der Waals surface area contributed by atoms with Crippen LogP contribution in [0, 0.1) is 0 Å². The molecule has 32 heteroatoms. The number of rotatable bonds is 15. The number of hydrogen-bond donors (Lipinski definition) is 9. The smallest absolute Gasteiger partial charge is 0.231 e. The van der Waals surface area contributed by atoms with Gasteiger partial charge in [-0.2, -0.15) is 59.8 Å². The van der Waals surface area contributed by atoms with Crippen LogP contribution in [0.25, 0.3) is 0 Å². The second-order valence-electron chi connectivity index (χ2n) is 17.9. The molecule has 4 aromatic heterocycles. The van der Waals surface area contributed by atoms with Crippen molar-refractivity contribution in [3.63, 3.8) is 0 Å². The van der Waals surface area contributed by atoms with E-state index in [1.165, 1.54) is 0 Å². The molecule has 428 valence electrons. The Morgan fingerprint density at radius 3 is 1.07 bits per heavy atom. The quantitative estimate of drug-likeness (QED) is 0.0712. The standard InChI is InChI=1S/2C13H16N6O2.2C12H14N6O2/c1-19(2)13-17-11(14)16-12(18-13)15-6-8-3-4-9-10(5-8)21-7-20-9;1-15-12-16-11(14)17-13(18-12)19(2)6-8-3-4-9-10(5-8)21-7-20-9;1-18(12-16-10(13)15-11(14)17-12)5-7-2-3-8-9(4-7)20-6-19-8;1-14-11-16-10(13)17-12(18-11)15-5-7-2-3-8-9(4-7)20-6-19-8/h2*3-5H,6-7H2,1-2H3,(H3,14,15,16,17,18);2-4H,5-6H2,1H3,(H4,13,14,15,16,17);2-4H,5-6H2,1H3,(H4,13,14,15,16,17,18). The Kier molecular flexibility index (Phi) is 17.4. The van der Waals surface area contributed by atoms with Crippen LogP contribution in [0.4, 0.5) is 71.4 Å². The van der Waals surface area contributed by atoms with Gasteiger partial charge in [0.2, 0.25) is 98.6 Å². The SMILES string of the molecule is CN(C)c1nc(N)nc(NCc2ccc3c(c2)OCO3)n1.CN(Cc1ccc2c(c1)OCO2)c1nc(N)nc(N)n1.CNc1nc(N)nc(N(C)Cc2ccc3c(c2)OCO3)n1.CNc1nc(N)nc(NCc2ccc3c(c2)OCO3)n1. The summed E-state index contributed by atoms with van der Waals surface area (Å²) in [7, 11) is 10.9. The summed E-state index contributed by atoms with van der Waals surface area (Å²) in [6.07, 6.45) is 0. The molecule has 14 N–H and O–H groups in total.